The second-order valence-corrected chi connectivity index (χ2v) is 2.44. The van der Waals surface area contributed by atoms with E-state index in [-0.39, 0.29) is 40.6 Å². The minimum absolute atomic E-state index is 0. The molecular weight excluding hydrogens is 179 g/mol. The Balaban J connectivity index is -0.0000000600. The van der Waals surface area contributed by atoms with Crippen molar-refractivity contribution in [2.45, 2.75) is 0 Å². The molecule has 0 heterocycles. The molecule has 44 valence electrons. The first-order chi connectivity index (χ1) is 3.06. The van der Waals surface area contributed by atoms with Gasteiger partial charge in [-0.2, -0.15) is 0 Å². The SMILES string of the molecule is [Ca+2].[H-].[H-].[O]=[Al][O]S(=O)(=O)O. The molecule has 0 unspecified atom stereocenters. The van der Waals surface area contributed by atoms with E-state index in [1.807, 2.05) is 0 Å². The zero-order valence-corrected chi connectivity index (χ0v) is 7.95. The van der Waals surface area contributed by atoms with Gasteiger partial charge in [0.05, 0.1) is 0 Å². The van der Waals surface area contributed by atoms with Crippen LogP contribution in [0.2, 0.25) is 0 Å². The second-order valence-electron chi connectivity index (χ2n) is 0.620. The first-order valence-corrected chi connectivity index (χ1v) is 3.46. The summed E-state index contributed by atoms with van der Waals surface area (Å²) in [6.45, 7) is 0. The molecule has 8 heavy (non-hydrogen) atoms. The van der Waals surface area contributed by atoms with E-state index in [2.05, 4.69) is 3.23 Å². The van der Waals surface area contributed by atoms with Crippen molar-refractivity contribution in [2.24, 2.45) is 0 Å². The van der Waals surface area contributed by atoms with Crippen molar-refractivity contribution < 1.29 is 22.9 Å². The first-order valence-electron chi connectivity index (χ1n) is 1.15. The fourth-order valence-corrected chi connectivity index (χ4v) is 0.447. The van der Waals surface area contributed by atoms with Crippen molar-refractivity contribution in [2.75, 3.05) is 0 Å². The van der Waals surface area contributed by atoms with Crippen LogP contribution in [0.5, 0.6) is 0 Å². The maximum absolute atomic E-state index is 9.39. The number of hydrogen-bond donors (Lipinski definition) is 1. The average Bonchev–Trinajstić information content (AvgIpc) is 1.30. The number of rotatable bonds is 2. The summed E-state index contributed by atoms with van der Waals surface area (Å²) in [5, 5.41) is 0. The molecule has 0 saturated carbocycles. The van der Waals surface area contributed by atoms with Gasteiger partial charge in [-0.25, -0.2) is 0 Å². The van der Waals surface area contributed by atoms with Gasteiger partial charge in [0.25, 0.3) is 0 Å². The van der Waals surface area contributed by atoms with Gasteiger partial charge in [0, 0.05) is 0 Å². The Morgan fingerprint density at radius 3 is 2.00 bits per heavy atom. The van der Waals surface area contributed by atoms with Crippen molar-refractivity contribution in [1.29, 1.82) is 0 Å². The standard InChI is InChI=1S/Al.Ca.H2O4S.O.2H/c;;1-5(2,3)4;;;/h;;(H2,1,2,3,4);;;/q+1;+2;;;2*-1/p-1. The van der Waals surface area contributed by atoms with E-state index < -0.39 is 25.9 Å². The van der Waals surface area contributed by atoms with Crippen molar-refractivity contribution in [3.05, 3.63) is 0 Å². The van der Waals surface area contributed by atoms with Gasteiger partial charge in [-0.3, -0.25) is 0 Å². The molecule has 0 fully saturated rings. The molecule has 0 aliphatic rings. The van der Waals surface area contributed by atoms with E-state index in [4.69, 9.17) is 4.55 Å². The Bertz CT molecular complexity index is 153. The Labute approximate surface area is 85.6 Å². The van der Waals surface area contributed by atoms with Crippen LogP contribution in [-0.2, 0) is 17.4 Å². The molecule has 5 nitrogen and oxygen atoms in total. The Morgan fingerprint density at radius 1 is 1.62 bits per heavy atom. The van der Waals surface area contributed by atoms with Gasteiger partial charge in [0.2, 0.25) is 0 Å². The van der Waals surface area contributed by atoms with Crippen molar-refractivity contribution in [3.8, 4) is 0 Å². The second kappa shape index (κ2) is 5.12. The van der Waals surface area contributed by atoms with Crippen LogP contribution in [0.1, 0.15) is 2.85 Å². The third kappa shape index (κ3) is 10.3. The van der Waals surface area contributed by atoms with E-state index in [0.717, 1.165) is 0 Å². The first kappa shape index (κ1) is 12.0. The molecule has 0 saturated heterocycles. The predicted octanol–water partition coefficient (Wildman–Crippen LogP) is -1.39. The molecule has 0 aliphatic carbocycles. The van der Waals surface area contributed by atoms with Crippen LogP contribution in [0, 0.1) is 0 Å². The molecule has 0 aromatic heterocycles. The van der Waals surface area contributed by atoms with Gasteiger partial charge in [-0.1, -0.05) is 0 Å². The Kier molecular flexibility index (Phi) is 7.69. The van der Waals surface area contributed by atoms with Gasteiger partial charge in [-0.05, 0) is 0 Å². The van der Waals surface area contributed by atoms with E-state index in [9.17, 15) is 12.2 Å². The Morgan fingerprint density at radius 2 is 2.00 bits per heavy atom. The minimum atomic E-state index is -4.45. The van der Waals surface area contributed by atoms with Crippen LogP contribution < -0.4 is 0 Å². The fourth-order valence-electron chi connectivity index (χ4n) is 0.0496. The van der Waals surface area contributed by atoms with Crippen LogP contribution in [0.15, 0.2) is 0 Å². The summed E-state index contributed by atoms with van der Waals surface area (Å²) >= 11 is -1.88. The molecule has 0 aromatic rings. The quantitative estimate of drug-likeness (QED) is 0.420. The predicted molar refractivity (Wildman–Crippen MR) is 27.1 cm³/mol. The molecule has 1 N–H and O–H groups in total. The van der Waals surface area contributed by atoms with Gasteiger partial charge >= 0.3 is 83.6 Å². The molecule has 0 amide bonds. The topological polar surface area (TPSA) is 80.7 Å². The van der Waals surface area contributed by atoms with Crippen LogP contribution >= 0.6 is 0 Å². The summed E-state index contributed by atoms with van der Waals surface area (Å²) in [4.78, 5) is 0. The molecule has 0 aliphatic heterocycles. The van der Waals surface area contributed by atoms with Crippen LogP contribution in [-0.4, -0.2) is 66.2 Å². The zero-order valence-electron chi connectivity index (χ0n) is 5.77. The molecule has 0 rings (SSSR count). The van der Waals surface area contributed by atoms with Gasteiger partial charge in [0.15, 0.2) is 0 Å². The average molecular weight is 182 g/mol. The molecule has 0 spiro atoms. The molecule has 0 radical (unpaired) electrons. The Hall–Kier alpha value is 1.30. The number of hydrogen-bond acceptors (Lipinski definition) is 4. The maximum atomic E-state index is 9.39. The third-order valence-electron chi connectivity index (χ3n) is 0.161. The molecule has 0 atom stereocenters. The van der Waals surface area contributed by atoms with Crippen LogP contribution in [0.25, 0.3) is 0 Å². The molecular formula is H3AlCaO5S. The fraction of sp³-hybridized carbons (Fsp3) is 0. The van der Waals surface area contributed by atoms with E-state index in [0.29, 0.717) is 0 Å². The van der Waals surface area contributed by atoms with Crippen molar-refractivity contribution in [3.63, 3.8) is 0 Å². The normalized spacial score (nSPS) is 8.62. The van der Waals surface area contributed by atoms with Crippen molar-refractivity contribution >= 4 is 63.6 Å². The monoisotopic (exact) mass is 182 g/mol. The van der Waals surface area contributed by atoms with Gasteiger partial charge < -0.3 is 2.85 Å². The van der Waals surface area contributed by atoms with Crippen molar-refractivity contribution in [1.82, 2.24) is 0 Å². The summed E-state index contributed by atoms with van der Waals surface area (Å²) in [7, 11) is -4.45. The van der Waals surface area contributed by atoms with Crippen LogP contribution in [0.3, 0.4) is 0 Å². The summed E-state index contributed by atoms with van der Waals surface area (Å²) in [5.41, 5.74) is 0. The van der Waals surface area contributed by atoms with E-state index in [1.165, 1.54) is 0 Å². The van der Waals surface area contributed by atoms with E-state index >= 15 is 0 Å². The van der Waals surface area contributed by atoms with Crippen LogP contribution in [0.4, 0.5) is 0 Å². The van der Waals surface area contributed by atoms with Gasteiger partial charge in [-0.15, -0.1) is 0 Å². The van der Waals surface area contributed by atoms with E-state index in [1.54, 1.807) is 0 Å². The summed E-state index contributed by atoms with van der Waals surface area (Å²) in [5.74, 6) is 0. The zero-order chi connectivity index (χ0) is 5.91. The summed E-state index contributed by atoms with van der Waals surface area (Å²) < 4.78 is 38.9. The molecule has 0 bridgehead atoms. The third-order valence-corrected chi connectivity index (χ3v) is 1.45. The molecule has 8 heteroatoms. The summed E-state index contributed by atoms with van der Waals surface area (Å²) in [6.07, 6.45) is 0. The summed E-state index contributed by atoms with van der Waals surface area (Å²) in [6, 6.07) is 0. The molecule has 0 aromatic carbocycles. The van der Waals surface area contributed by atoms with Gasteiger partial charge in [0.1, 0.15) is 0 Å².